The molecule has 1 amide bonds. The normalized spacial score (nSPS) is 9.50. The van der Waals surface area contributed by atoms with Gasteiger partial charge in [-0.15, -0.1) is 0 Å². The highest BCUT2D eigenvalue weighted by Crippen LogP contribution is 1.95. The van der Waals surface area contributed by atoms with E-state index in [1.165, 1.54) is 0 Å². The molecule has 4 heteroatoms. The number of nitrogens with zero attached hydrogens (tertiary/aromatic N) is 2. The first-order chi connectivity index (χ1) is 5.77. The molecule has 1 N–H and O–H groups in total. The second-order valence-corrected chi connectivity index (χ2v) is 2.29. The number of carbonyl (C=O) groups is 1. The Balaban J connectivity index is 2.93. The monoisotopic (exact) mass is 165 g/mol. The summed E-state index contributed by atoms with van der Waals surface area (Å²) >= 11 is 0. The second-order valence-electron chi connectivity index (χ2n) is 2.29. The van der Waals surface area contributed by atoms with Crippen LogP contribution < -0.4 is 5.32 Å². The van der Waals surface area contributed by atoms with Crippen LogP contribution in [-0.2, 0) is 6.42 Å². The van der Waals surface area contributed by atoms with E-state index < -0.39 is 0 Å². The number of aryl methyl sites for hydroxylation is 1. The summed E-state index contributed by atoms with van der Waals surface area (Å²) in [6, 6.07) is 1.60. The van der Waals surface area contributed by atoms with Crippen molar-refractivity contribution in [3.05, 3.63) is 23.8 Å². The number of nitrogens with one attached hydrogen (secondary N) is 1. The third kappa shape index (κ3) is 1.78. The van der Waals surface area contributed by atoms with Gasteiger partial charge in [0.2, 0.25) is 0 Å². The molecule has 0 atom stereocenters. The average molecular weight is 165 g/mol. The van der Waals surface area contributed by atoms with Crippen molar-refractivity contribution >= 4 is 5.91 Å². The van der Waals surface area contributed by atoms with Gasteiger partial charge >= 0.3 is 0 Å². The first-order valence-electron chi connectivity index (χ1n) is 3.82. The first-order valence-corrected chi connectivity index (χ1v) is 3.82. The van der Waals surface area contributed by atoms with Crippen LogP contribution in [0.5, 0.6) is 0 Å². The van der Waals surface area contributed by atoms with Crippen molar-refractivity contribution in [2.75, 3.05) is 7.05 Å². The molecule has 0 saturated heterocycles. The molecular formula is C8H11N3O. The number of amides is 1. The molecule has 12 heavy (non-hydrogen) atoms. The molecule has 0 radical (unpaired) electrons. The Morgan fingerprint density at radius 3 is 3.00 bits per heavy atom. The molecule has 1 aromatic heterocycles. The van der Waals surface area contributed by atoms with Gasteiger partial charge in [0.1, 0.15) is 11.5 Å². The van der Waals surface area contributed by atoms with E-state index in [0.29, 0.717) is 11.5 Å². The lowest BCUT2D eigenvalue weighted by molar-refractivity contribution is 0.0957. The zero-order chi connectivity index (χ0) is 8.97. The van der Waals surface area contributed by atoms with Crippen LogP contribution in [0.1, 0.15) is 23.2 Å². The van der Waals surface area contributed by atoms with E-state index in [9.17, 15) is 4.79 Å². The third-order valence-electron chi connectivity index (χ3n) is 1.48. The van der Waals surface area contributed by atoms with E-state index in [-0.39, 0.29) is 5.91 Å². The van der Waals surface area contributed by atoms with Crippen LogP contribution in [0.25, 0.3) is 0 Å². The molecule has 1 heterocycles. The van der Waals surface area contributed by atoms with E-state index in [2.05, 4.69) is 15.3 Å². The Labute approximate surface area is 71.0 Å². The van der Waals surface area contributed by atoms with Gasteiger partial charge in [0, 0.05) is 19.7 Å². The lowest BCUT2D eigenvalue weighted by Gasteiger charge is -1.99. The Morgan fingerprint density at radius 1 is 1.67 bits per heavy atom. The van der Waals surface area contributed by atoms with Gasteiger partial charge in [0.15, 0.2) is 0 Å². The predicted molar refractivity (Wildman–Crippen MR) is 44.8 cm³/mol. The molecule has 1 aromatic rings. The lowest BCUT2D eigenvalue weighted by Crippen LogP contribution is -2.19. The van der Waals surface area contributed by atoms with Gasteiger partial charge in [0.05, 0.1) is 0 Å². The SMILES string of the molecule is CCc1nccc(C(=O)NC)n1. The molecule has 64 valence electrons. The molecule has 4 nitrogen and oxygen atoms in total. The number of hydrogen-bond donors (Lipinski definition) is 1. The van der Waals surface area contributed by atoms with E-state index in [1.54, 1.807) is 19.3 Å². The highest BCUT2D eigenvalue weighted by molar-refractivity contribution is 5.91. The molecule has 0 spiro atoms. The van der Waals surface area contributed by atoms with Crippen LogP contribution >= 0.6 is 0 Å². The summed E-state index contributed by atoms with van der Waals surface area (Å²) in [4.78, 5) is 19.1. The van der Waals surface area contributed by atoms with Gasteiger partial charge in [-0.25, -0.2) is 9.97 Å². The maximum atomic E-state index is 11.1. The Hall–Kier alpha value is -1.45. The number of aromatic nitrogens is 2. The molecule has 0 unspecified atom stereocenters. The van der Waals surface area contributed by atoms with E-state index in [4.69, 9.17) is 0 Å². The quantitative estimate of drug-likeness (QED) is 0.690. The zero-order valence-electron chi connectivity index (χ0n) is 7.16. The van der Waals surface area contributed by atoms with Crippen molar-refractivity contribution < 1.29 is 4.79 Å². The summed E-state index contributed by atoms with van der Waals surface area (Å²) in [5.41, 5.74) is 0.421. The van der Waals surface area contributed by atoms with Crippen LogP contribution in [0.4, 0.5) is 0 Å². The molecule has 0 aromatic carbocycles. The fourth-order valence-corrected chi connectivity index (χ4v) is 0.824. The number of rotatable bonds is 2. The zero-order valence-corrected chi connectivity index (χ0v) is 7.16. The van der Waals surface area contributed by atoms with E-state index in [0.717, 1.165) is 6.42 Å². The predicted octanol–water partition coefficient (Wildman–Crippen LogP) is 0.399. The highest BCUT2D eigenvalue weighted by Gasteiger charge is 2.04. The van der Waals surface area contributed by atoms with Crippen molar-refractivity contribution in [3.8, 4) is 0 Å². The molecular weight excluding hydrogens is 154 g/mol. The minimum atomic E-state index is -0.174. The molecule has 0 aliphatic carbocycles. The summed E-state index contributed by atoms with van der Waals surface area (Å²) in [5.74, 6) is 0.517. The summed E-state index contributed by atoms with van der Waals surface area (Å²) < 4.78 is 0. The number of hydrogen-bond acceptors (Lipinski definition) is 3. The highest BCUT2D eigenvalue weighted by atomic mass is 16.1. The first kappa shape index (κ1) is 8.64. The summed E-state index contributed by atoms with van der Waals surface area (Å²) in [7, 11) is 1.58. The van der Waals surface area contributed by atoms with Crippen LogP contribution in [0.3, 0.4) is 0 Å². The lowest BCUT2D eigenvalue weighted by atomic mass is 10.3. The number of carbonyl (C=O) groups excluding carboxylic acids is 1. The van der Waals surface area contributed by atoms with Crippen LogP contribution in [0.2, 0.25) is 0 Å². The molecule has 0 aliphatic heterocycles. The summed E-state index contributed by atoms with van der Waals surface area (Å²) in [6.45, 7) is 1.95. The van der Waals surface area contributed by atoms with Crippen molar-refractivity contribution in [3.63, 3.8) is 0 Å². The Bertz CT molecular complexity index is 285. The van der Waals surface area contributed by atoms with Crippen LogP contribution in [0.15, 0.2) is 12.3 Å². The third-order valence-corrected chi connectivity index (χ3v) is 1.48. The van der Waals surface area contributed by atoms with E-state index >= 15 is 0 Å². The van der Waals surface area contributed by atoms with Crippen LogP contribution in [-0.4, -0.2) is 22.9 Å². The molecule has 1 rings (SSSR count). The Kier molecular flexibility index (Phi) is 2.74. The van der Waals surface area contributed by atoms with Gasteiger partial charge in [0.25, 0.3) is 5.91 Å². The van der Waals surface area contributed by atoms with Crippen LogP contribution in [0, 0.1) is 0 Å². The maximum absolute atomic E-state index is 11.1. The standard InChI is InChI=1S/C8H11N3O/c1-3-7-10-5-4-6(11-7)8(12)9-2/h4-5H,3H2,1-2H3,(H,9,12). The van der Waals surface area contributed by atoms with Crippen molar-refractivity contribution in [2.24, 2.45) is 0 Å². The molecule has 0 aliphatic rings. The van der Waals surface area contributed by atoms with Gasteiger partial charge in [-0.05, 0) is 6.07 Å². The average Bonchev–Trinajstić information content (AvgIpc) is 2.17. The largest absolute Gasteiger partial charge is 0.354 e. The maximum Gasteiger partial charge on any atom is 0.269 e. The summed E-state index contributed by atoms with van der Waals surface area (Å²) in [5, 5.41) is 2.50. The molecule has 0 bridgehead atoms. The fraction of sp³-hybridized carbons (Fsp3) is 0.375. The van der Waals surface area contributed by atoms with Gasteiger partial charge in [-0.3, -0.25) is 4.79 Å². The summed E-state index contributed by atoms with van der Waals surface area (Å²) in [6.07, 6.45) is 2.33. The smallest absolute Gasteiger partial charge is 0.269 e. The van der Waals surface area contributed by atoms with Crippen molar-refractivity contribution in [2.45, 2.75) is 13.3 Å². The molecule has 0 saturated carbocycles. The minimum absolute atomic E-state index is 0.174. The van der Waals surface area contributed by atoms with Gasteiger partial charge in [-0.2, -0.15) is 0 Å². The van der Waals surface area contributed by atoms with E-state index in [1.807, 2.05) is 6.92 Å². The topological polar surface area (TPSA) is 54.9 Å². The second kappa shape index (κ2) is 3.80. The Morgan fingerprint density at radius 2 is 2.42 bits per heavy atom. The van der Waals surface area contributed by atoms with Crippen molar-refractivity contribution in [1.82, 2.24) is 15.3 Å². The fourth-order valence-electron chi connectivity index (χ4n) is 0.824. The van der Waals surface area contributed by atoms with Gasteiger partial charge in [-0.1, -0.05) is 6.92 Å². The molecule has 0 fully saturated rings. The minimum Gasteiger partial charge on any atom is -0.354 e. The van der Waals surface area contributed by atoms with Gasteiger partial charge < -0.3 is 5.32 Å². The van der Waals surface area contributed by atoms with Crippen molar-refractivity contribution in [1.29, 1.82) is 0 Å².